The van der Waals surface area contributed by atoms with Gasteiger partial charge < -0.3 is 15.0 Å². The Hall–Kier alpha value is -1.22. The van der Waals surface area contributed by atoms with E-state index >= 15 is 0 Å². The van der Waals surface area contributed by atoms with Crippen molar-refractivity contribution >= 4 is 5.69 Å². The molecule has 0 aromatic heterocycles. The number of anilines is 1. The summed E-state index contributed by atoms with van der Waals surface area (Å²) in [6, 6.07) is 9.70. The van der Waals surface area contributed by atoms with Crippen molar-refractivity contribution in [2.24, 2.45) is 5.92 Å². The third-order valence-electron chi connectivity index (χ3n) is 4.30. The zero-order valence-electron chi connectivity index (χ0n) is 13.9. The fourth-order valence-electron chi connectivity index (χ4n) is 3.19. The Morgan fingerprint density at radius 2 is 2.14 bits per heavy atom. The van der Waals surface area contributed by atoms with Gasteiger partial charge in [0.25, 0.3) is 0 Å². The van der Waals surface area contributed by atoms with Gasteiger partial charge in [-0.3, -0.25) is 0 Å². The van der Waals surface area contributed by atoms with Crippen LogP contribution in [0.4, 0.5) is 5.69 Å². The van der Waals surface area contributed by atoms with Crippen molar-refractivity contribution in [1.29, 1.82) is 0 Å². The van der Waals surface area contributed by atoms with Crippen molar-refractivity contribution in [2.45, 2.75) is 52.6 Å². The number of rotatable bonds is 6. The molecular weight excluding hydrogens is 260 g/mol. The van der Waals surface area contributed by atoms with Crippen molar-refractivity contribution in [3.8, 4) is 5.75 Å². The fourth-order valence-corrected chi connectivity index (χ4v) is 3.19. The Morgan fingerprint density at radius 3 is 2.81 bits per heavy atom. The van der Waals surface area contributed by atoms with E-state index in [0.717, 1.165) is 25.4 Å². The third kappa shape index (κ3) is 4.13. The largest absolute Gasteiger partial charge is 0.494 e. The molecule has 1 N–H and O–H groups in total. The van der Waals surface area contributed by atoms with Gasteiger partial charge in [-0.2, -0.15) is 0 Å². The number of hydrogen-bond donors (Lipinski definition) is 1. The molecule has 1 aliphatic rings. The first kappa shape index (κ1) is 16.2. The summed E-state index contributed by atoms with van der Waals surface area (Å²) in [6.45, 7) is 11.8. The maximum Gasteiger partial charge on any atom is 0.121 e. The minimum absolute atomic E-state index is 0.551. The summed E-state index contributed by atoms with van der Waals surface area (Å²) in [5.74, 6) is 1.61. The van der Waals surface area contributed by atoms with Gasteiger partial charge in [0, 0.05) is 36.9 Å². The maximum atomic E-state index is 5.67. The van der Waals surface area contributed by atoms with Crippen molar-refractivity contribution < 1.29 is 4.74 Å². The lowest BCUT2D eigenvalue weighted by Gasteiger charge is -2.44. The van der Waals surface area contributed by atoms with Gasteiger partial charge in [-0.25, -0.2) is 0 Å². The molecule has 1 aromatic carbocycles. The Labute approximate surface area is 129 Å². The first-order valence-electron chi connectivity index (χ1n) is 8.38. The van der Waals surface area contributed by atoms with E-state index in [0.29, 0.717) is 18.0 Å². The first-order chi connectivity index (χ1) is 10.2. The molecule has 1 aromatic rings. The number of nitrogens with one attached hydrogen (secondary N) is 1. The molecule has 2 rings (SSSR count). The molecule has 2 atom stereocenters. The van der Waals surface area contributed by atoms with Gasteiger partial charge in [0.05, 0.1) is 6.61 Å². The van der Waals surface area contributed by atoms with E-state index in [4.69, 9.17) is 4.74 Å². The molecule has 3 heteroatoms. The highest BCUT2D eigenvalue weighted by molar-refractivity contribution is 5.52. The number of hydrogen-bond acceptors (Lipinski definition) is 3. The highest BCUT2D eigenvalue weighted by Crippen LogP contribution is 2.27. The summed E-state index contributed by atoms with van der Waals surface area (Å²) in [5, 5.41) is 3.72. The van der Waals surface area contributed by atoms with Crippen molar-refractivity contribution in [3.05, 3.63) is 24.3 Å². The quantitative estimate of drug-likeness (QED) is 0.865. The van der Waals surface area contributed by atoms with Crippen LogP contribution in [-0.2, 0) is 0 Å². The molecule has 0 saturated carbocycles. The average Bonchev–Trinajstić information content (AvgIpc) is 2.48. The van der Waals surface area contributed by atoms with Crippen LogP contribution in [0.25, 0.3) is 0 Å². The second-order valence-electron chi connectivity index (χ2n) is 6.29. The molecule has 118 valence electrons. The van der Waals surface area contributed by atoms with Gasteiger partial charge in [-0.15, -0.1) is 0 Å². The smallest absolute Gasteiger partial charge is 0.121 e. The second-order valence-corrected chi connectivity index (χ2v) is 6.29. The van der Waals surface area contributed by atoms with Crippen LogP contribution < -0.4 is 15.0 Å². The first-order valence-corrected chi connectivity index (χ1v) is 8.38. The lowest BCUT2D eigenvalue weighted by molar-refractivity contribution is 0.325. The molecule has 0 bridgehead atoms. The van der Waals surface area contributed by atoms with E-state index in [1.807, 2.05) is 13.0 Å². The van der Waals surface area contributed by atoms with Crippen LogP contribution in [0.2, 0.25) is 0 Å². The van der Waals surface area contributed by atoms with Gasteiger partial charge >= 0.3 is 0 Å². The average molecular weight is 290 g/mol. The standard InChI is InChI=1S/C18H30N2O/c1-5-8-15-13-20(18(12-19-15)14(3)4)16-9-7-10-17(11-16)21-6-2/h7,9-11,14-15,18-19H,5-6,8,12-13H2,1-4H3. The van der Waals surface area contributed by atoms with E-state index < -0.39 is 0 Å². The predicted octanol–water partition coefficient (Wildman–Crippen LogP) is 3.69. The molecular formula is C18H30N2O. The lowest BCUT2D eigenvalue weighted by atomic mass is 9.96. The minimum Gasteiger partial charge on any atom is -0.494 e. The Kier molecular flexibility index (Phi) is 5.92. The molecule has 1 saturated heterocycles. The molecule has 0 radical (unpaired) electrons. The van der Waals surface area contributed by atoms with Crippen LogP contribution in [0, 0.1) is 5.92 Å². The number of ether oxygens (including phenoxy) is 1. The summed E-state index contributed by atoms with van der Waals surface area (Å²) < 4.78 is 5.67. The van der Waals surface area contributed by atoms with Crippen LogP contribution in [0.3, 0.4) is 0 Å². The highest BCUT2D eigenvalue weighted by Gasteiger charge is 2.29. The normalized spacial score (nSPS) is 22.6. The molecule has 3 nitrogen and oxygen atoms in total. The predicted molar refractivity (Wildman–Crippen MR) is 90.3 cm³/mol. The van der Waals surface area contributed by atoms with Crippen LogP contribution in [0.15, 0.2) is 24.3 Å². The van der Waals surface area contributed by atoms with Gasteiger partial charge in [-0.05, 0) is 31.4 Å². The minimum atomic E-state index is 0.551. The topological polar surface area (TPSA) is 24.5 Å². The monoisotopic (exact) mass is 290 g/mol. The summed E-state index contributed by atoms with van der Waals surface area (Å²) in [4.78, 5) is 2.57. The third-order valence-corrected chi connectivity index (χ3v) is 4.30. The summed E-state index contributed by atoms with van der Waals surface area (Å²) in [7, 11) is 0. The van der Waals surface area contributed by atoms with Gasteiger partial charge in [0.15, 0.2) is 0 Å². The lowest BCUT2D eigenvalue weighted by Crippen LogP contribution is -2.58. The molecule has 21 heavy (non-hydrogen) atoms. The van der Waals surface area contributed by atoms with Crippen molar-refractivity contribution in [2.75, 3.05) is 24.6 Å². The zero-order chi connectivity index (χ0) is 15.2. The molecule has 1 fully saturated rings. The van der Waals surface area contributed by atoms with Crippen LogP contribution >= 0.6 is 0 Å². The van der Waals surface area contributed by atoms with Crippen LogP contribution in [-0.4, -0.2) is 31.8 Å². The molecule has 1 heterocycles. The maximum absolute atomic E-state index is 5.67. The van der Waals surface area contributed by atoms with Crippen molar-refractivity contribution in [1.82, 2.24) is 5.32 Å². The Balaban J connectivity index is 2.20. The van der Waals surface area contributed by atoms with Crippen LogP contribution in [0.1, 0.15) is 40.5 Å². The number of benzene rings is 1. The number of nitrogens with zero attached hydrogens (tertiary/aromatic N) is 1. The molecule has 0 amide bonds. The van der Waals surface area contributed by atoms with E-state index in [2.05, 4.69) is 49.2 Å². The molecule has 0 aliphatic carbocycles. The second kappa shape index (κ2) is 7.69. The Bertz CT molecular complexity index is 433. The Morgan fingerprint density at radius 1 is 1.33 bits per heavy atom. The van der Waals surface area contributed by atoms with E-state index in [1.165, 1.54) is 18.5 Å². The molecule has 0 spiro atoms. The summed E-state index contributed by atoms with van der Waals surface area (Å²) in [5.41, 5.74) is 1.29. The van der Waals surface area contributed by atoms with Gasteiger partial charge in [0.1, 0.15) is 5.75 Å². The zero-order valence-corrected chi connectivity index (χ0v) is 13.9. The van der Waals surface area contributed by atoms with Crippen molar-refractivity contribution in [3.63, 3.8) is 0 Å². The SMILES string of the molecule is CCCC1CN(c2cccc(OCC)c2)C(C(C)C)CN1. The van der Waals surface area contributed by atoms with E-state index in [9.17, 15) is 0 Å². The van der Waals surface area contributed by atoms with E-state index in [-0.39, 0.29) is 0 Å². The summed E-state index contributed by atoms with van der Waals surface area (Å²) >= 11 is 0. The van der Waals surface area contributed by atoms with E-state index in [1.54, 1.807) is 0 Å². The molecule has 2 unspecified atom stereocenters. The summed E-state index contributed by atoms with van der Waals surface area (Å²) in [6.07, 6.45) is 2.48. The van der Waals surface area contributed by atoms with Gasteiger partial charge in [-0.1, -0.05) is 33.3 Å². The number of piperazine rings is 1. The van der Waals surface area contributed by atoms with Crippen LogP contribution in [0.5, 0.6) is 5.75 Å². The molecule has 1 aliphatic heterocycles. The highest BCUT2D eigenvalue weighted by atomic mass is 16.5. The fraction of sp³-hybridized carbons (Fsp3) is 0.667. The van der Waals surface area contributed by atoms with Gasteiger partial charge in [0.2, 0.25) is 0 Å².